The molecule has 2 saturated carbocycles. The molecule has 0 saturated heterocycles. The summed E-state index contributed by atoms with van der Waals surface area (Å²) in [6, 6.07) is 1.88. The number of Topliss-reactive ketones (excluding diaryl/α,β-unsaturated/α-hetero) is 1. The van der Waals surface area contributed by atoms with E-state index in [1.54, 1.807) is 0 Å². The van der Waals surface area contributed by atoms with Gasteiger partial charge in [-0.1, -0.05) is 27.2 Å². The van der Waals surface area contributed by atoms with Crippen molar-refractivity contribution >= 4 is 5.78 Å². The number of rotatable bonds is 3. The van der Waals surface area contributed by atoms with Gasteiger partial charge < -0.3 is 14.9 Å². The molecule has 4 rings (SSSR count). The van der Waals surface area contributed by atoms with Gasteiger partial charge in [-0.15, -0.1) is 0 Å². The van der Waals surface area contributed by atoms with Crippen molar-refractivity contribution in [3.63, 3.8) is 0 Å². The van der Waals surface area contributed by atoms with Crippen LogP contribution in [0.1, 0.15) is 74.4 Å². The highest BCUT2D eigenvalue weighted by atomic mass is 16.6. The number of phenolic OH excluding ortho intramolecular Hbond substituents is 1. The van der Waals surface area contributed by atoms with Crippen LogP contribution in [0.15, 0.2) is 6.07 Å². The number of phenols is 1. The van der Waals surface area contributed by atoms with Crippen LogP contribution < -0.4 is 4.74 Å². The van der Waals surface area contributed by atoms with E-state index in [1.807, 2.05) is 13.0 Å². The lowest BCUT2D eigenvalue weighted by Gasteiger charge is -2.61. The number of benzene rings is 1. The minimum atomic E-state index is -1.12. The van der Waals surface area contributed by atoms with E-state index in [-0.39, 0.29) is 28.8 Å². The van der Waals surface area contributed by atoms with Gasteiger partial charge in [0.1, 0.15) is 11.5 Å². The third-order valence-electron chi connectivity index (χ3n) is 6.74. The molecule has 1 aromatic rings. The fraction of sp³-hybridized carbons (Fsp3) is 0.650. The second-order valence-corrected chi connectivity index (χ2v) is 8.39. The van der Waals surface area contributed by atoms with Crippen LogP contribution >= 0.6 is 0 Å². The largest absolute Gasteiger partial charge is 0.507 e. The number of hydrogen-bond acceptors (Lipinski definition) is 4. The molecule has 0 amide bonds. The van der Waals surface area contributed by atoms with Gasteiger partial charge in [-0.25, -0.2) is 0 Å². The topological polar surface area (TPSA) is 66.8 Å². The molecule has 0 radical (unpaired) electrons. The van der Waals surface area contributed by atoms with Crippen molar-refractivity contribution in [2.24, 2.45) is 17.3 Å². The number of carbonyl (C=O) groups is 1. The van der Waals surface area contributed by atoms with E-state index in [9.17, 15) is 15.0 Å². The van der Waals surface area contributed by atoms with Crippen molar-refractivity contribution < 1.29 is 19.7 Å². The average Bonchev–Trinajstić information content (AvgIpc) is 2.81. The van der Waals surface area contributed by atoms with E-state index < -0.39 is 5.79 Å². The minimum Gasteiger partial charge on any atom is -0.507 e. The number of ether oxygens (including phenoxy) is 1. The maximum atomic E-state index is 12.2. The van der Waals surface area contributed by atoms with Gasteiger partial charge in [-0.2, -0.15) is 0 Å². The van der Waals surface area contributed by atoms with Crippen LogP contribution in [0.3, 0.4) is 0 Å². The zero-order valence-electron chi connectivity index (χ0n) is 14.8. The molecule has 2 fully saturated rings. The van der Waals surface area contributed by atoms with Crippen molar-refractivity contribution in [3.05, 3.63) is 22.8 Å². The van der Waals surface area contributed by atoms with Crippen molar-refractivity contribution in [1.82, 2.24) is 0 Å². The van der Waals surface area contributed by atoms with E-state index in [0.29, 0.717) is 30.1 Å². The molecule has 3 aliphatic rings. The molecule has 0 spiro atoms. The molecule has 1 unspecified atom stereocenters. The second kappa shape index (κ2) is 4.75. The Labute approximate surface area is 142 Å². The molecule has 1 heterocycles. The van der Waals surface area contributed by atoms with Gasteiger partial charge in [0.05, 0.1) is 5.56 Å². The van der Waals surface area contributed by atoms with E-state index in [1.165, 1.54) is 6.92 Å². The Balaban J connectivity index is 1.95. The average molecular weight is 330 g/mol. The standard InChI is InChI=1S/C20H26O4/c1-5-6-11-9-13-15(18(22)14(11)10(2)21)17-16-12(19(17,3)4)7-8-20(16,23)24-13/h9,12,16-17,22-23H,5-8H2,1-4H3/t12?,16-,17-,20-/m1/s1. The van der Waals surface area contributed by atoms with E-state index in [4.69, 9.17) is 4.74 Å². The molecule has 2 N–H and O–H groups in total. The first kappa shape index (κ1) is 15.9. The Bertz CT molecular complexity index is 736. The zero-order valence-corrected chi connectivity index (χ0v) is 14.8. The third-order valence-corrected chi connectivity index (χ3v) is 6.74. The van der Waals surface area contributed by atoms with E-state index >= 15 is 0 Å². The van der Waals surface area contributed by atoms with Crippen LogP contribution in [0.2, 0.25) is 0 Å². The SMILES string of the molecule is CCCc1cc2c(c(O)c1C(C)=O)[C@@H]1[C@H]3C(CC[C@@]3(O)O2)C1(C)C. The molecule has 24 heavy (non-hydrogen) atoms. The lowest BCUT2D eigenvalue weighted by Crippen LogP contribution is -2.60. The quantitative estimate of drug-likeness (QED) is 0.828. The molecule has 4 nitrogen and oxygen atoms in total. The second-order valence-electron chi connectivity index (χ2n) is 8.39. The molecular weight excluding hydrogens is 304 g/mol. The first-order chi connectivity index (χ1) is 11.2. The zero-order chi connectivity index (χ0) is 17.4. The van der Waals surface area contributed by atoms with Gasteiger partial charge in [0.2, 0.25) is 5.79 Å². The lowest BCUT2D eigenvalue weighted by atomic mass is 9.46. The molecule has 0 aromatic heterocycles. The summed E-state index contributed by atoms with van der Waals surface area (Å²) in [5.74, 6) is -0.135. The van der Waals surface area contributed by atoms with Crippen molar-refractivity contribution in [1.29, 1.82) is 0 Å². The lowest BCUT2D eigenvalue weighted by molar-refractivity contribution is -0.234. The van der Waals surface area contributed by atoms with Crippen LogP contribution in [0.4, 0.5) is 0 Å². The molecule has 2 aliphatic carbocycles. The summed E-state index contributed by atoms with van der Waals surface area (Å²) in [6.45, 7) is 7.95. The number of aryl methyl sites for hydroxylation is 1. The Morgan fingerprint density at radius 1 is 1.42 bits per heavy atom. The summed E-state index contributed by atoms with van der Waals surface area (Å²) in [4.78, 5) is 12.2. The number of hydrogen-bond donors (Lipinski definition) is 2. The molecule has 4 atom stereocenters. The smallest absolute Gasteiger partial charge is 0.211 e. The number of aromatic hydroxyl groups is 1. The number of fused-ring (bicyclic) bond motifs is 2. The summed E-state index contributed by atoms with van der Waals surface area (Å²) >= 11 is 0. The van der Waals surface area contributed by atoms with Crippen LogP contribution in [-0.4, -0.2) is 21.8 Å². The van der Waals surface area contributed by atoms with Gasteiger partial charge in [-0.05, 0) is 42.7 Å². The fourth-order valence-corrected chi connectivity index (χ4v) is 5.74. The minimum absolute atomic E-state index is 0.00844. The van der Waals surface area contributed by atoms with Crippen molar-refractivity contribution in [2.75, 3.05) is 0 Å². The normalized spacial score (nSPS) is 34.8. The Morgan fingerprint density at radius 3 is 2.75 bits per heavy atom. The van der Waals surface area contributed by atoms with E-state index in [0.717, 1.165) is 24.0 Å². The summed E-state index contributed by atoms with van der Waals surface area (Å²) in [6.07, 6.45) is 3.17. The highest BCUT2D eigenvalue weighted by Crippen LogP contribution is 2.73. The van der Waals surface area contributed by atoms with Gasteiger partial charge >= 0.3 is 0 Å². The number of aliphatic hydroxyl groups is 1. The molecule has 130 valence electrons. The van der Waals surface area contributed by atoms with Crippen molar-refractivity contribution in [3.8, 4) is 11.5 Å². The van der Waals surface area contributed by atoms with Crippen LogP contribution in [0, 0.1) is 17.3 Å². The van der Waals surface area contributed by atoms with Gasteiger partial charge in [0.25, 0.3) is 0 Å². The highest BCUT2D eigenvalue weighted by molar-refractivity contribution is 5.99. The first-order valence-electron chi connectivity index (χ1n) is 9.03. The summed E-state index contributed by atoms with van der Waals surface area (Å²) in [5.41, 5.74) is 1.97. The predicted molar refractivity (Wildman–Crippen MR) is 90.4 cm³/mol. The van der Waals surface area contributed by atoms with E-state index in [2.05, 4.69) is 13.8 Å². The van der Waals surface area contributed by atoms with Crippen LogP contribution in [0.25, 0.3) is 0 Å². The summed E-state index contributed by atoms with van der Waals surface area (Å²) in [7, 11) is 0. The monoisotopic (exact) mass is 330 g/mol. The number of carbonyl (C=O) groups excluding carboxylic acids is 1. The molecule has 1 aromatic carbocycles. The van der Waals surface area contributed by atoms with Crippen LogP contribution in [-0.2, 0) is 6.42 Å². The van der Waals surface area contributed by atoms with Gasteiger partial charge in [-0.3, -0.25) is 4.79 Å². The maximum Gasteiger partial charge on any atom is 0.211 e. The fourth-order valence-electron chi connectivity index (χ4n) is 5.74. The number of ketones is 1. The summed E-state index contributed by atoms with van der Waals surface area (Å²) in [5, 5.41) is 22.0. The Hall–Kier alpha value is -1.55. The Morgan fingerprint density at radius 2 is 2.12 bits per heavy atom. The molecule has 4 heteroatoms. The first-order valence-corrected chi connectivity index (χ1v) is 9.03. The molecule has 1 aliphatic heterocycles. The highest BCUT2D eigenvalue weighted by Gasteiger charge is 2.71. The van der Waals surface area contributed by atoms with Gasteiger partial charge in [0, 0.05) is 23.8 Å². The summed E-state index contributed by atoms with van der Waals surface area (Å²) < 4.78 is 6.02. The third kappa shape index (κ3) is 1.75. The van der Waals surface area contributed by atoms with Crippen LogP contribution in [0.5, 0.6) is 11.5 Å². The maximum absolute atomic E-state index is 12.2. The Kier molecular flexibility index (Phi) is 3.16. The molecular formula is C20H26O4. The van der Waals surface area contributed by atoms with Gasteiger partial charge in [0.15, 0.2) is 5.78 Å². The molecule has 0 bridgehead atoms. The predicted octanol–water partition coefficient (Wildman–Crippen LogP) is 3.78. The van der Waals surface area contributed by atoms with Crippen molar-refractivity contribution in [2.45, 2.75) is 65.1 Å².